The van der Waals surface area contributed by atoms with Crippen molar-refractivity contribution in [3.05, 3.63) is 41.7 Å². The maximum Gasteiger partial charge on any atom is 0.409 e. The molecule has 1 amide bonds. The number of piperazine rings is 1. The molecule has 1 saturated carbocycles. The Bertz CT molecular complexity index is 1640. The van der Waals surface area contributed by atoms with Gasteiger partial charge in [-0.25, -0.2) is 4.79 Å². The maximum atomic E-state index is 12.4. The van der Waals surface area contributed by atoms with Crippen LogP contribution in [0.25, 0.3) is 32.9 Å². The first-order chi connectivity index (χ1) is 19.9. The minimum Gasteiger partial charge on any atom is -0.487 e. The van der Waals surface area contributed by atoms with Gasteiger partial charge in [-0.05, 0) is 62.6 Å². The molecule has 7 rings (SSSR count). The summed E-state index contributed by atoms with van der Waals surface area (Å²) in [5.41, 5.74) is 4.33. The summed E-state index contributed by atoms with van der Waals surface area (Å²) in [5.74, 6) is 0.645. The summed E-state index contributed by atoms with van der Waals surface area (Å²) in [4.78, 5) is 25.7. The van der Waals surface area contributed by atoms with Crippen LogP contribution in [0.1, 0.15) is 36.6 Å². The van der Waals surface area contributed by atoms with Gasteiger partial charge in [0.05, 0.1) is 29.6 Å². The van der Waals surface area contributed by atoms with Crippen LogP contribution in [0.2, 0.25) is 0 Å². The molecular formula is C29H32ClN7O4. The minimum absolute atomic E-state index is 0.0657. The Morgan fingerprint density at radius 3 is 2.68 bits per heavy atom. The number of aryl methyl sites for hydroxylation is 1. The number of halogens is 1. The normalized spacial score (nSPS) is 23.4. The van der Waals surface area contributed by atoms with Crippen LogP contribution in [0.15, 0.2) is 30.5 Å². The molecule has 2 unspecified atom stereocenters. The molecule has 2 saturated heterocycles. The summed E-state index contributed by atoms with van der Waals surface area (Å²) in [7, 11) is 2.06. The third kappa shape index (κ3) is 4.81. The predicted molar refractivity (Wildman–Crippen MR) is 155 cm³/mol. The highest BCUT2D eigenvalue weighted by atomic mass is 35.5. The number of fused-ring (bicyclic) bond motifs is 2. The molecule has 3 fully saturated rings. The second-order valence-corrected chi connectivity index (χ2v) is 11.7. The number of rotatable bonds is 6. The second kappa shape index (κ2) is 10.3. The zero-order valence-corrected chi connectivity index (χ0v) is 23.7. The number of carbonyl (C=O) groups is 1. The van der Waals surface area contributed by atoms with Crippen molar-refractivity contribution in [2.75, 3.05) is 33.2 Å². The molecule has 214 valence electrons. The number of H-pyrrole nitrogens is 1. The maximum absolute atomic E-state index is 12.4. The lowest BCUT2D eigenvalue weighted by molar-refractivity contribution is 0.100. The average molecular weight is 578 g/mol. The van der Waals surface area contributed by atoms with Crippen molar-refractivity contribution in [3.8, 4) is 22.9 Å². The third-order valence-corrected chi connectivity index (χ3v) is 8.55. The third-order valence-electron chi connectivity index (χ3n) is 8.19. The topological polar surface area (TPSA) is 129 Å². The van der Waals surface area contributed by atoms with Crippen molar-refractivity contribution in [1.29, 1.82) is 0 Å². The molecule has 4 heterocycles. The summed E-state index contributed by atoms with van der Waals surface area (Å²) in [5, 5.41) is 22.4. The van der Waals surface area contributed by atoms with E-state index in [1.165, 1.54) is 4.90 Å². The molecule has 41 heavy (non-hydrogen) atoms. The molecule has 0 spiro atoms. The van der Waals surface area contributed by atoms with Gasteiger partial charge in [-0.3, -0.25) is 10.00 Å². The number of benzene rings is 2. The van der Waals surface area contributed by atoms with E-state index in [9.17, 15) is 9.90 Å². The molecule has 4 aromatic rings. The summed E-state index contributed by atoms with van der Waals surface area (Å²) in [6, 6.07) is 7.65. The van der Waals surface area contributed by atoms with E-state index >= 15 is 0 Å². The summed E-state index contributed by atoms with van der Waals surface area (Å²) in [6.07, 6.45) is 3.55. The molecule has 3 atom stereocenters. The molecule has 2 aromatic heterocycles. The SMILES string of the molecule is Cc1ccc2[nH]ncc2c1-c1ccc2c(C3CNCC(Cl)N3C(=O)O)nc(O[C@H]3CCN(C)C3)nc2c1OC1CC1. The highest BCUT2D eigenvalue weighted by molar-refractivity contribution is 6.21. The summed E-state index contributed by atoms with van der Waals surface area (Å²) < 4.78 is 13.0. The van der Waals surface area contributed by atoms with Crippen molar-refractivity contribution < 1.29 is 19.4 Å². The summed E-state index contributed by atoms with van der Waals surface area (Å²) >= 11 is 6.51. The van der Waals surface area contributed by atoms with E-state index in [1.807, 2.05) is 24.4 Å². The van der Waals surface area contributed by atoms with Crippen LogP contribution in [0.4, 0.5) is 4.79 Å². The molecule has 2 aliphatic heterocycles. The van der Waals surface area contributed by atoms with E-state index in [0.29, 0.717) is 35.4 Å². The second-order valence-electron chi connectivity index (χ2n) is 11.2. The Kier molecular flexibility index (Phi) is 6.60. The molecule has 0 bridgehead atoms. The molecule has 11 nitrogen and oxygen atoms in total. The van der Waals surface area contributed by atoms with Gasteiger partial charge in [-0.15, -0.1) is 0 Å². The Hall–Kier alpha value is -3.67. The first-order valence-electron chi connectivity index (χ1n) is 14.0. The quantitative estimate of drug-likeness (QED) is 0.227. The van der Waals surface area contributed by atoms with E-state index < -0.39 is 17.6 Å². The van der Waals surface area contributed by atoms with Gasteiger partial charge in [0, 0.05) is 42.5 Å². The number of nitrogens with zero attached hydrogens (tertiary/aromatic N) is 5. The number of likely N-dealkylation sites (N-methyl/N-ethyl adjacent to an activating group) is 1. The molecular weight excluding hydrogens is 546 g/mol. The van der Waals surface area contributed by atoms with Gasteiger partial charge in [0.25, 0.3) is 0 Å². The number of nitrogens with one attached hydrogen (secondary N) is 2. The van der Waals surface area contributed by atoms with E-state index in [2.05, 4.69) is 40.5 Å². The fourth-order valence-corrected chi connectivity index (χ4v) is 6.31. The zero-order chi connectivity index (χ0) is 28.2. The van der Waals surface area contributed by atoms with E-state index in [0.717, 1.165) is 59.9 Å². The smallest absolute Gasteiger partial charge is 0.409 e. The van der Waals surface area contributed by atoms with Crippen LogP contribution in [-0.2, 0) is 0 Å². The Morgan fingerprint density at radius 2 is 1.93 bits per heavy atom. The number of aromatic amines is 1. The van der Waals surface area contributed by atoms with Crippen molar-refractivity contribution in [2.24, 2.45) is 0 Å². The van der Waals surface area contributed by atoms with Gasteiger partial charge >= 0.3 is 12.1 Å². The lowest BCUT2D eigenvalue weighted by Gasteiger charge is -2.37. The Morgan fingerprint density at radius 1 is 1.07 bits per heavy atom. The lowest BCUT2D eigenvalue weighted by Crippen LogP contribution is -2.52. The largest absolute Gasteiger partial charge is 0.487 e. The number of hydrogen-bond donors (Lipinski definition) is 3. The summed E-state index contributed by atoms with van der Waals surface area (Å²) in [6.45, 7) is 4.47. The fourth-order valence-electron chi connectivity index (χ4n) is 5.98. The van der Waals surface area contributed by atoms with E-state index in [4.69, 9.17) is 31.0 Å². The fraction of sp³-hybridized carbons (Fsp3) is 0.448. The Labute approximate surface area is 241 Å². The number of likely N-dealkylation sites (tertiary alicyclic amines) is 1. The molecule has 0 radical (unpaired) electrons. The van der Waals surface area contributed by atoms with Crippen LogP contribution >= 0.6 is 11.6 Å². The standard InChI is InChI=1S/C29H32ClN7O4/c1-15-3-8-21-20(11-32-35-21)24(15)18-6-7-19-25(22-12-31-13-23(30)37(22)29(38)39)33-28(41-17-9-10-36(2)14-17)34-26(19)27(18)40-16-4-5-16/h3,6-8,11,16-17,22-23,31H,4-5,9-10,12-14H2,1-2H3,(H,32,35)(H,38,39)/t17-,22?,23?/m0/s1. The molecule has 2 aromatic carbocycles. The van der Waals surface area contributed by atoms with Gasteiger partial charge in [0.15, 0.2) is 5.75 Å². The van der Waals surface area contributed by atoms with Crippen molar-refractivity contribution >= 4 is 39.5 Å². The molecule has 1 aliphatic carbocycles. The van der Waals surface area contributed by atoms with Gasteiger partial charge < -0.3 is 24.8 Å². The number of alkyl halides is 1. The lowest BCUT2D eigenvalue weighted by atomic mass is 9.94. The van der Waals surface area contributed by atoms with Crippen LogP contribution in [0, 0.1) is 6.92 Å². The van der Waals surface area contributed by atoms with Gasteiger partial charge in [-0.1, -0.05) is 17.7 Å². The Balaban J connectivity index is 1.46. The van der Waals surface area contributed by atoms with Crippen LogP contribution < -0.4 is 14.8 Å². The number of ether oxygens (including phenoxy) is 2. The van der Waals surface area contributed by atoms with Crippen LogP contribution in [0.3, 0.4) is 0 Å². The highest BCUT2D eigenvalue weighted by Crippen LogP contribution is 2.45. The monoisotopic (exact) mass is 577 g/mol. The number of hydrogen-bond acceptors (Lipinski definition) is 8. The average Bonchev–Trinajstić information content (AvgIpc) is 3.47. The van der Waals surface area contributed by atoms with Crippen molar-refractivity contribution in [2.45, 2.75) is 49.9 Å². The van der Waals surface area contributed by atoms with E-state index in [-0.39, 0.29) is 18.2 Å². The number of carboxylic acid groups (broad SMARTS) is 1. The molecule has 3 N–H and O–H groups in total. The molecule has 12 heteroatoms. The van der Waals surface area contributed by atoms with Crippen molar-refractivity contribution in [3.63, 3.8) is 0 Å². The number of aromatic nitrogens is 4. The zero-order valence-electron chi connectivity index (χ0n) is 22.9. The van der Waals surface area contributed by atoms with Crippen LogP contribution in [-0.4, -0.2) is 92.1 Å². The predicted octanol–water partition coefficient (Wildman–Crippen LogP) is 4.29. The first-order valence-corrected chi connectivity index (χ1v) is 14.5. The van der Waals surface area contributed by atoms with Gasteiger partial charge in [0.1, 0.15) is 17.1 Å². The van der Waals surface area contributed by atoms with Gasteiger partial charge in [-0.2, -0.15) is 15.1 Å². The van der Waals surface area contributed by atoms with E-state index in [1.54, 1.807) is 0 Å². The molecule has 3 aliphatic rings. The van der Waals surface area contributed by atoms with Crippen molar-refractivity contribution in [1.82, 2.24) is 35.3 Å². The van der Waals surface area contributed by atoms with Gasteiger partial charge in [0.2, 0.25) is 0 Å². The van der Waals surface area contributed by atoms with Crippen LogP contribution in [0.5, 0.6) is 11.8 Å². The first kappa shape index (κ1) is 26.2. The minimum atomic E-state index is -1.10. The number of amides is 1. The highest BCUT2D eigenvalue weighted by Gasteiger charge is 2.37.